The molecule has 1 aromatic rings. The quantitative estimate of drug-likeness (QED) is 0.836. The molecule has 2 N–H and O–H groups in total. The van der Waals surface area contributed by atoms with Crippen molar-refractivity contribution in [2.45, 2.75) is 0 Å². The van der Waals surface area contributed by atoms with Gasteiger partial charge in [0.2, 0.25) is 0 Å². The van der Waals surface area contributed by atoms with Gasteiger partial charge in [0.1, 0.15) is 5.82 Å². The number of aliphatic hydroxyl groups is 2. The summed E-state index contributed by atoms with van der Waals surface area (Å²) in [5.74, 6) is -0.101. The van der Waals surface area contributed by atoms with Crippen LogP contribution in [0.4, 0.5) is 4.39 Å². The third kappa shape index (κ3) is 1.76. The third-order valence-electron chi connectivity index (χ3n) is 4.65. The van der Waals surface area contributed by atoms with Crippen LogP contribution in [0.1, 0.15) is 10.4 Å². The summed E-state index contributed by atoms with van der Waals surface area (Å²) in [6.07, 6.45) is 0. The van der Waals surface area contributed by atoms with Gasteiger partial charge >= 0.3 is 0 Å². The highest BCUT2D eigenvalue weighted by Gasteiger charge is 2.68. The number of fused-ring (bicyclic) bond motifs is 1. The lowest BCUT2D eigenvalue weighted by atomic mass is 10.0. The van der Waals surface area contributed by atoms with E-state index in [0.717, 1.165) is 0 Å². The van der Waals surface area contributed by atoms with Crippen molar-refractivity contribution < 1.29 is 19.4 Å². The summed E-state index contributed by atoms with van der Waals surface area (Å²) in [5.41, 5.74) is 0.0841. The van der Waals surface area contributed by atoms with Gasteiger partial charge in [-0.05, 0) is 36.1 Å². The number of halogens is 1. The van der Waals surface area contributed by atoms with Crippen molar-refractivity contribution in [3.8, 4) is 0 Å². The fourth-order valence-electron chi connectivity index (χ4n) is 3.30. The molecule has 19 heavy (non-hydrogen) atoms. The molecule has 102 valence electrons. The summed E-state index contributed by atoms with van der Waals surface area (Å²) in [7, 11) is 0. The molecule has 2 atom stereocenters. The maximum atomic E-state index is 12.8. The highest BCUT2D eigenvalue weighted by atomic mass is 19.1. The first kappa shape index (κ1) is 12.6. The zero-order valence-corrected chi connectivity index (χ0v) is 10.4. The number of amides is 1. The fourth-order valence-corrected chi connectivity index (χ4v) is 3.30. The Kier molecular flexibility index (Phi) is 2.83. The Bertz CT molecular complexity index is 484. The molecule has 1 heterocycles. The molecule has 1 aromatic carbocycles. The molecule has 0 spiro atoms. The fraction of sp³-hybridized carbons (Fsp3) is 0.500. The van der Waals surface area contributed by atoms with Crippen molar-refractivity contribution in [1.82, 2.24) is 4.90 Å². The Hall–Kier alpha value is -1.46. The second-order valence-electron chi connectivity index (χ2n) is 5.48. The molecular weight excluding hydrogens is 249 g/mol. The molecule has 2 fully saturated rings. The standard InChI is InChI=1S/C14H16FNO3/c15-10-3-1-9(2-4-10)13(19)16-5-11-12(6-16)14(11,7-17)8-18/h1-4,11-12,17-18H,5-8H2. The Morgan fingerprint density at radius 2 is 1.74 bits per heavy atom. The number of piperidine rings is 1. The SMILES string of the molecule is O=C(c1ccc(F)cc1)N1CC2C(C1)C2(CO)CO. The van der Waals surface area contributed by atoms with Gasteiger partial charge in [-0.25, -0.2) is 4.39 Å². The number of hydrogen-bond acceptors (Lipinski definition) is 3. The molecule has 4 nitrogen and oxygen atoms in total. The van der Waals surface area contributed by atoms with Crippen LogP contribution in [0.2, 0.25) is 0 Å². The molecule has 1 saturated carbocycles. The highest BCUT2D eigenvalue weighted by Crippen LogP contribution is 2.62. The Balaban J connectivity index is 1.68. The van der Waals surface area contributed by atoms with Crippen molar-refractivity contribution in [2.24, 2.45) is 17.3 Å². The number of benzene rings is 1. The van der Waals surface area contributed by atoms with E-state index in [4.69, 9.17) is 0 Å². The van der Waals surface area contributed by atoms with E-state index in [0.29, 0.717) is 18.7 Å². The van der Waals surface area contributed by atoms with E-state index in [9.17, 15) is 19.4 Å². The number of rotatable bonds is 3. The van der Waals surface area contributed by atoms with Gasteiger partial charge in [0.25, 0.3) is 5.91 Å². The van der Waals surface area contributed by atoms with Gasteiger partial charge in [-0.3, -0.25) is 4.79 Å². The average Bonchev–Trinajstić information content (AvgIpc) is 2.81. The zero-order chi connectivity index (χ0) is 13.6. The highest BCUT2D eigenvalue weighted by molar-refractivity contribution is 5.94. The minimum Gasteiger partial charge on any atom is -0.396 e. The van der Waals surface area contributed by atoms with Gasteiger partial charge in [-0.15, -0.1) is 0 Å². The molecule has 1 saturated heterocycles. The predicted octanol–water partition coefficient (Wildman–Crippen LogP) is 0.498. The second kappa shape index (κ2) is 4.28. The molecule has 5 heteroatoms. The van der Waals surface area contributed by atoms with Crippen molar-refractivity contribution in [2.75, 3.05) is 26.3 Å². The average molecular weight is 265 g/mol. The van der Waals surface area contributed by atoms with Gasteiger partial charge in [0.05, 0.1) is 13.2 Å². The zero-order valence-electron chi connectivity index (χ0n) is 10.4. The van der Waals surface area contributed by atoms with Crippen LogP contribution in [-0.4, -0.2) is 47.3 Å². The first-order valence-electron chi connectivity index (χ1n) is 6.39. The molecule has 1 aliphatic carbocycles. The van der Waals surface area contributed by atoms with E-state index in [2.05, 4.69) is 0 Å². The Labute approximate surface area is 110 Å². The van der Waals surface area contributed by atoms with E-state index < -0.39 is 0 Å². The van der Waals surface area contributed by atoms with Gasteiger partial charge < -0.3 is 15.1 Å². The number of carbonyl (C=O) groups is 1. The van der Waals surface area contributed by atoms with Crippen LogP contribution >= 0.6 is 0 Å². The maximum Gasteiger partial charge on any atom is 0.253 e. The summed E-state index contributed by atoms with van der Waals surface area (Å²) < 4.78 is 12.8. The van der Waals surface area contributed by atoms with E-state index in [-0.39, 0.29) is 42.2 Å². The normalized spacial score (nSPS) is 27.2. The van der Waals surface area contributed by atoms with Gasteiger partial charge in [-0.2, -0.15) is 0 Å². The number of aliphatic hydroxyl groups excluding tert-OH is 2. The summed E-state index contributed by atoms with van der Waals surface area (Å²) in [5, 5.41) is 18.7. The van der Waals surface area contributed by atoms with Crippen LogP contribution in [0.3, 0.4) is 0 Å². The molecule has 3 rings (SSSR count). The van der Waals surface area contributed by atoms with E-state index in [1.165, 1.54) is 24.3 Å². The summed E-state index contributed by atoms with van der Waals surface area (Å²) in [6, 6.07) is 5.51. The van der Waals surface area contributed by atoms with Crippen molar-refractivity contribution in [1.29, 1.82) is 0 Å². The molecule has 0 aromatic heterocycles. The lowest BCUT2D eigenvalue weighted by Gasteiger charge is -2.24. The van der Waals surface area contributed by atoms with Gasteiger partial charge in [0.15, 0.2) is 0 Å². The van der Waals surface area contributed by atoms with E-state index >= 15 is 0 Å². The smallest absolute Gasteiger partial charge is 0.253 e. The van der Waals surface area contributed by atoms with Crippen LogP contribution < -0.4 is 0 Å². The summed E-state index contributed by atoms with van der Waals surface area (Å²) in [4.78, 5) is 13.9. The number of hydrogen-bond donors (Lipinski definition) is 2. The van der Waals surface area contributed by atoms with Crippen LogP contribution in [0.15, 0.2) is 24.3 Å². The minimum atomic E-state index is -0.389. The Morgan fingerprint density at radius 1 is 1.21 bits per heavy atom. The predicted molar refractivity (Wildman–Crippen MR) is 65.9 cm³/mol. The maximum absolute atomic E-state index is 12.8. The number of likely N-dealkylation sites (tertiary alicyclic amines) is 1. The van der Waals surface area contributed by atoms with Crippen LogP contribution in [-0.2, 0) is 0 Å². The van der Waals surface area contributed by atoms with Crippen LogP contribution in [0.25, 0.3) is 0 Å². The molecule has 2 unspecified atom stereocenters. The molecular formula is C14H16FNO3. The lowest BCUT2D eigenvalue weighted by Crippen LogP contribution is -2.36. The van der Waals surface area contributed by atoms with E-state index in [1.807, 2.05) is 0 Å². The summed E-state index contributed by atoms with van der Waals surface area (Å²) >= 11 is 0. The molecule has 0 bridgehead atoms. The van der Waals surface area contributed by atoms with Crippen LogP contribution in [0, 0.1) is 23.1 Å². The largest absolute Gasteiger partial charge is 0.396 e. The monoisotopic (exact) mass is 265 g/mol. The number of carbonyl (C=O) groups excluding carboxylic acids is 1. The Morgan fingerprint density at radius 3 is 2.21 bits per heavy atom. The molecule has 1 amide bonds. The molecule has 2 aliphatic rings. The van der Waals surface area contributed by atoms with Crippen molar-refractivity contribution in [3.05, 3.63) is 35.6 Å². The van der Waals surface area contributed by atoms with Crippen molar-refractivity contribution in [3.63, 3.8) is 0 Å². The van der Waals surface area contributed by atoms with E-state index in [1.54, 1.807) is 4.90 Å². The summed E-state index contributed by atoms with van der Waals surface area (Å²) in [6.45, 7) is 1.05. The topological polar surface area (TPSA) is 60.8 Å². The lowest BCUT2D eigenvalue weighted by molar-refractivity contribution is 0.0637. The van der Waals surface area contributed by atoms with Gasteiger partial charge in [0, 0.05) is 24.1 Å². The molecule has 1 aliphatic heterocycles. The first-order valence-corrected chi connectivity index (χ1v) is 6.39. The van der Waals surface area contributed by atoms with Crippen LogP contribution in [0.5, 0.6) is 0 Å². The van der Waals surface area contributed by atoms with Crippen molar-refractivity contribution >= 4 is 5.91 Å². The first-order chi connectivity index (χ1) is 9.12. The minimum absolute atomic E-state index is 0.0303. The third-order valence-corrected chi connectivity index (χ3v) is 4.65. The molecule has 0 radical (unpaired) electrons. The van der Waals surface area contributed by atoms with Gasteiger partial charge in [-0.1, -0.05) is 0 Å². The second-order valence-corrected chi connectivity index (χ2v) is 5.48. The number of nitrogens with zero attached hydrogens (tertiary/aromatic N) is 1.